The summed E-state index contributed by atoms with van der Waals surface area (Å²) < 4.78 is 11.4. The van der Waals surface area contributed by atoms with Crippen molar-refractivity contribution in [3.63, 3.8) is 0 Å². The van der Waals surface area contributed by atoms with Crippen LogP contribution in [0.3, 0.4) is 0 Å². The lowest BCUT2D eigenvalue weighted by Gasteiger charge is -2.32. The second-order valence-electron chi connectivity index (χ2n) is 6.94. The molecule has 0 radical (unpaired) electrons. The summed E-state index contributed by atoms with van der Waals surface area (Å²) in [7, 11) is 2.18. The third-order valence-corrected chi connectivity index (χ3v) is 4.37. The Morgan fingerprint density at radius 3 is 2.04 bits per heavy atom. The van der Waals surface area contributed by atoms with E-state index in [4.69, 9.17) is 29.3 Å². The molecule has 8 nitrogen and oxygen atoms in total. The van der Waals surface area contributed by atoms with Crippen molar-refractivity contribution in [2.75, 3.05) is 59.6 Å². The smallest absolute Gasteiger partial charge is 0.414 e. The van der Waals surface area contributed by atoms with Gasteiger partial charge in [0.2, 0.25) is 0 Å². The van der Waals surface area contributed by atoms with Crippen molar-refractivity contribution in [1.29, 1.82) is 0 Å². The van der Waals surface area contributed by atoms with Crippen LogP contribution >= 0.6 is 0 Å². The lowest BCUT2D eigenvalue weighted by Crippen LogP contribution is -2.45. The number of carbonyl (C=O) groups is 2. The van der Waals surface area contributed by atoms with E-state index in [1.165, 1.54) is 5.56 Å². The molecule has 2 N–H and O–H groups in total. The summed E-state index contributed by atoms with van der Waals surface area (Å²) in [5.74, 6) is -2.16. The molecule has 0 aromatic heterocycles. The first-order valence-electron chi connectivity index (χ1n) is 9.47. The normalized spacial score (nSPS) is 15.0. The minimum Gasteiger partial charge on any atom is -0.491 e. The molecule has 0 aliphatic carbocycles. The molecule has 0 unspecified atom stereocenters. The summed E-state index contributed by atoms with van der Waals surface area (Å²) in [6, 6.07) is 8.35. The topological polar surface area (TPSA) is 99.5 Å². The summed E-state index contributed by atoms with van der Waals surface area (Å²) in [4.78, 5) is 23.0. The highest BCUT2D eigenvalue weighted by molar-refractivity contribution is 6.27. The van der Waals surface area contributed by atoms with Gasteiger partial charge >= 0.3 is 11.9 Å². The highest BCUT2D eigenvalue weighted by Crippen LogP contribution is 2.18. The van der Waals surface area contributed by atoms with Gasteiger partial charge in [-0.05, 0) is 30.7 Å². The van der Waals surface area contributed by atoms with E-state index in [2.05, 4.69) is 42.8 Å². The third-order valence-electron chi connectivity index (χ3n) is 4.37. The quantitative estimate of drug-likeness (QED) is 0.505. The molecule has 28 heavy (non-hydrogen) atoms. The SMILES string of the molecule is CC(C)c1ccc(OCCOCCN2CCN(C)CC2)cc1.O=C(O)C(=O)O. The molecule has 1 heterocycles. The zero-order valence-electron chi connectivity index (χ0n) is 17.0. The number of aliphatic carboxylic acids is 2. The Bertz CT molecular complexity index is 571. The van der Waals surface area contributed by atoms with E-state index in [9.17, 15) is 0 Å². The van der Waals surface area contributed by atoms with E-state index >= 15 is 0 Å². The second-order valence-corrected chi connectivity index (χ2v) is 6.94. The Morgan fingerprint density at radius 1 is 0.964 bits per heavy atom. The molecule has 158 valence electrons. The molecule has 1 saturated heterocycles. The van der Waals surface area contributed by atoms with E-state index in [1.807, 2.05) is 12.1 Å². The Morgan fingerprint density at radius 2 is 1.54 bits per heavy atom. The van der Waals surface area contributed by atoms with Crippen LogP contribution in [0.4, 0.5) is 0 Å². The minimum atomic E-state index is -1.82. The van der Waals surface area contributed by atoms with Crippen molar-refractivity contribution in [3.05, 3.63) is 29.8 Å². The molecule has 1 fully saturated rings. The molecule has 0 amide bonds. The fraction of sp³-hybridized carbons (Fsp3) is 0.600. The molecule has 8 heteroatoms. The first-order chi connectivity index (χ1) is 13.3. The fourth-order valence-corrected chi connectivity index (χ4v) is 2.53. The zero-order chi connectivity index (χ0) is 20.9. The number of benzene rings is 1. The van der Waals surface area contributed by atoms with Gasteiger partial charge in [-0.2, -0.15) is 0 Å². The number of nitrogens with zero attached hydrogens (tertiary/aromatic N) is 2. The maximum absolute atomic E-state index is 9.10. The zero-order valence-corrected chi connectivity index (χ0v) is 17.0. The van der Waals surface area contributed by atoms with E-state index in [-0.39, 0.29) is 0 Å². The maximum Gasteiger partial charge on any atom is 0.414 e. The Balaban J connectivity index is 0.000000568. The summed E-state index contributed by atoms with van der Waals surface area (Å²) >= 11 is 0. The lowest BCUT2D eigenvalue weighted by molar-refractivity contribution is -0.159. The average Bonchev–Trinajstić information content (AvgIpc) is 2.66. The van der Waals surface area contributed by atoms with Crippen LogP contribution in [0.5, 0.6) is 5.75 Å². The lowest BCUT2D eigenvalue weighted by atomic mass is 10.0. The molecule has 1 aliphatic heterocycles. The van der Waals surface area contributed by atoms with Crippen LogP contribution < -0.4 is 4.74 Å². The van der Waals surface area contributed by atoms with Crippen LogP contribution in [0.1, 0.15) is 25.3 Å². The molecule has 1 aliphatic rings. The Kier molecular flexibility index (Phi) is 11.2. The Hall–Kier alpha value is -2.16. The number of hydrogen-bond donors (Lipinski definition) is 2. The van der Waals surface area contributed by atoms with Gasteiger partial charge in [0.05, 0.1) is 13.2 Å². The van der Waals surface area contributed by atoms with Crippen molar-refractivity contribution < 1.29 is 29.3 Å². The number of carboxylic acid groups (broad SMARTS) is 2. The molecule has 0 atom stereocenters. The van der Waals surface area contributed by atoms with Gasteiger partial charge in [0.1, 0.15) is 12.4 Å². The van der Waals surface area contributed by atoms with Gasteiger partial charge in [0.15, 0.2) is 0 Å². The summed E-state index contributed by atoms with van der Waals surface area (Å²) in [5.41, 5.74) is 1.34. The van der Waals surface area contributed by atoms with Crippen molar-refractivity contribution in [3.8, 4) is 5.75 Å². The van der Waals surface area contributed by atoms with Gasteiger partial charge < -0.3 is 24.6 Å². The van der Waals surface area contributed by atoms with Gasteiger partial charge in [-0.15, -0.1) is 0 Å². The van der Waals surface area contributed by atoms with E-state index in [0.29, 0.717) is 19.1 Å². The number of hydrogen-bond acceptors (Lipinski definition) is 6. The van der Waals surface area contributed by atoms with Crippen LogP contribution in [0.25, 0.3) is 0 Å². The summed E-state index contributed by atoms with van der Waals surface area (Å²) in [6.45, 7) is 12.1. The molecule has 0 bridgehead atoms. The molecule has 1 aromatic carbocycles. The standard InChI is InChI=1S/C18H30N2O2.C2H2O4/c1-16(2)17-4-6-18(7-5-17)22-15-14-21-13-12-20-10-8-19(3)9-11-20;3-1(4)2(5)6/h4-7,16H,8-15H2,1-3H3;(H,3,4)(H,5,6). The molecule has 0 saturated carbocycles. The van der Waals surface area contributed by atoms with Crippen LogP contribution in [0, 0.1) is 0 Å². The van der Waals surface area contributed by atoms with Crippen LogP contribution in [0.15, 0.2) is 24.3 Å². The number of rotatable bonds is 8. The van der Waals surface area contributed by atoms with Crippen molar-refractivity contribution in [2.24, 2.45) is 0 Å². The fourth-order valence-electron chi connectivity index (χ4n) is 2.53. The highest BCUT2D eigenvalue weighted by Gasteiger charge is 2.12. The summed E-state index contributed by atoms with van der Waals surface area (Å²) in [5, 5.41) is 14.8. The van der Waals surface area contributed by atoms with Gasteiger partial charge in [-0.25, -0.2) is 9.59 Å². The third kappa shape index (κ3) is 10.2. The van der Waals surface area contributed by atoms with Crippen LogP contribution in [-0.4, -0.2) is 91.5 Å². The second kappa shape index (κ2) is 13.1. The van der Waals surface area contributed by atoms with Crippen molar-refractivity contribution in [2.45, 2.75) is 19.8 Å². The number of carboxylic acids is 2. The number of likely N-dealkylation sites (N-methyl/N-ethyl adjacent to an activating group) is 1. The molecule has 2 rings (SSSR count). The molecule has 1 aromatic rings. The predicted octanol–water partition coefficient (Wildman–Crippen LogP) is 1.61. The van der Waals surface area contributed by atoms with E-state index in [1.54, 1.807) is 0 Å². The Labute approximate surface area is 166 Å². The molecular weight excluding hydrogens is 364 g/mol. The molecular formula is C20H32N2O6. The predicted molar refractivity (Wildman–Crippen MR) is 106 cm³/mol. The van der Waals surface area contributed by atoms with Gasteiger partial charge in [-0.3, -0.25) is 4.90 Å². The van der Waals surface area contributed by atoms with E-state index < -0.39 is 11.9 Å². The van der Waals surface area contributed by atoms with Crippen molar-refractivity contribution in [1.82, 2.24) is 9.80 Å². The first-order valence-corrected chi connectivity index (χ1v) is 9.47. The highest BCUT2D eigenvalue weighted by atomic mass is 16.5. The number of ether oxygens (including phenoxy) is 2. The maximum atomic E-state index is 9.10. The van der Waals surface area contributed by atoms with Gasteiger partial charge in [0, 0.05) is 32.7 Å². The average molecular weight is 396 g/mol. The monoisotopic (exact) mass is 396 g/mol. The van der Waals surface area contributed by atoms with Crippen LogP contribution in [-0.2, 0) is 14.3 Å². The summed E-state index contributed by atoms with van der Waals surface area (Å²) in [6.07, 6.45) is 0. The minimum absolute atomic E-state index is 0.562. The van der Waals surface area contributed by atoms with Crippen molar-refractivity contribution >= 4 is 11.9 Å². The van der Waals surface area contributed by atoms with Gasteiger partial charge in [-0.1, -0.05) is 26.0 Å². The van der Waals surface area contributed by atoms with Crippen LogP contribution in [0.2, 0.25) is 0 Å². The first kappa shape index (κ1) is 23.9. The largest absolute Gasteiger partial charge is 0.491 e. The number of piperazine rings is 1. The van der Waals surface area contributed by atoms with E-state index in [0.717, 1.165) is 45.1 Å². The molecule has 0 spiro atoms. The van der Waals surface area contributed by atoms with Gasteiger partial charge in [0.25, 0.3) is 0 Å².